The molecule has 5 nitrogen and oxygen atoms in total. The number of hydrogen-bond acceptors (Lipinski definition) is 2. The minimum atomic E-state index is -1.02. The standard InChI is InChI=1S/C12H20N2O3/c1-5-6-10(4)13-12(17)14(7-9(2)3)8-11(15)16/h1,9-10H,6-8H2,2-4H3,(H,13,17)(H,15,16). The Hall–Kier alpha value is -1.70. The van der Waals surface area contributed by atoms with Gasteiger partial charge in [-0.25, -0.2) is 4.79 Å². The summed E-state index contributed by atoms with van der Waals surface area (Å²) in [7, 11) is 0. The number of carbonyl (C=O) groups excluding carboxylic acids is 1. The molecule has 0 aliphatic carbocycles. The Bertz CT molecular complexity index is 307. The summed E-state index contributed by atoms with van der Waals surface area (Å²) in [6.45, 7) is 5.74. The zero-order valence-electron chi connectivity index (χ0n) is 10.6. The lowest BCUT2D eigenvalue weighted by molar-refractivity contribution is -0.137. The van der Waals surface area contributed by atoms with Gasteiger partial charge in [0.1, 0.15) is 6.54 Å². The summed E-state index contributed by atoms with van der Waals surface area (Å²) in [6.07, 6.45) is 5.56. The zero-order valence-corrected chi connectivity index (χ0v) is 10.6. The Morgan fingerprint density at radius 2 is 2.00 bits per heavy atom. The maximum absolute atomic E-state index is 11.8. The molecule has 2 N–H and O–H groups in total. The summed E-state index contributed by atoms with van der Waals surface area (Å²) >= 11 is 0. The average Bonchev–Trinajstić information content (AvgIpc) is 2.15. The normalized spacial score (nSPS) is 11.7. The first-order chi connectivity index (χ1) is 7.86. The molecule has 0 radical (unpaired) electrons. The Morgan fingerprint density at radius 1 is 1.41 bits per heavy atom. The van der Waals surface area contributed by atoms with Crippen LogP contribution in [0.2, 0.25) is 0 Å². The summed E-state index contributed by atoms with van der Waals surface area (Å²) in [4.78, 5) is 23.7. The first kappa shape index (κ1) is 15.3. The number of carboxylic acid groups (broad SMARTS) is 1. The highest BCUT2D eigenvalue weighted by Crippen LogP contribution is 2.00. The molecule has 0 aliphatic rings. The third kappa shape index (κ3) is 7.23. The lowest BCUT2D eigenvalue weighted by Gasteiger charge is -2.24. The van der Waals surface area contributed by atoms with E-state index in [1.165, 1.54) is 4.90 Å². The molecule has 96 valence electrons. The molecule has 0 spiro atoms. The summed E-state index contributed by atoms with van der Waals surface area (Å²) in [5, 5.41) is 11.4. The zero-order chi connectivity index (χ0) is 13.4. The van der Waals surface area contributed by atoms with Gasteiger partial charge in [0.05, 0.1) is 0 Å². The van der Waals surface area contributed by atoms with Crippen LogP contribution < -0.4 is 5.32 Å². The van der Waals surface area contributed by atoms with Crippen molar-refractivity contribution in [1.82, 2.24) is 10.2 Å². The van der Waals surface area contributed by atoms with Gasteiger partial charge >= 0.3 is 12.0 Å². The Balaban J connectivity index is 4.42. The molecule has 0 heterocycles. The van der Waals surface area contributed by atoms with E-state index in [2.05, 4.69) is 11.2 Å². The SMILES string of the molecule is C#CCC(C)NC(=O)N(CC(=O)O)CC(C)C. The van der Waals surface area contributed by atoms with E-state index in [-0.39, 0.29) is 24.5 Å². The van der Waals surface area contributed by atoms with Gasteiger partial charge in [-0.1, -0.05) is 13.8 Å². The van der Waals surface area contributed by atoms with Crippen LogP contribution in [0.5, 0.6) is 0 Å². The van der Waals surface area contributed by atoms with Crippen molar-refractivity contribution in [2.24, 2.45) is 5.92 Å². The second-order valence-electron chi connectivity index (χ2n) is 4.43. The summed E-state index contributed by atoms with van der Waals surface area (Å²) in [6, 6.07) is -0.542. The van der Waals surface area contributed by atoms with Gasteiger partial charge in [-0.3, -0.25) is 4.79 Å². The Labute approximate surface area is 102 Å². The van der Waals surface area contributed by atoms with Crippen LogP contribution in [0.3, 0.4) is 0 Å². The number of rotatable bonds is 6. The summed E-state index contributed by atoms with van der Waals surface area (Å²) < 4.78 is 0. The van der Waals surface area contributed by atoms with Crippen molar-refractivity contribution < 1.29 is 14.7 Å². The molecular formula is C12H20N2O3. The van der Waals surface area contributed by atoms with Gasteiger partial charge in [0.15, 0.2) is 0 Å². The molecule has 0 aliphatic heterocycles. The predicted octanol–water partition coefficient (Wildman–Crippen LogP) is 1.15. The molecule has 1 atom stereocenters. The van der Waals surface area contributed by atoms with Crippen LogP contribution in [0, 0.1) is 18.3 Å². The molecule has 2 amide bonds. The van der Waals surface area contributed by atoms with E-state index in [0.29, 0.717) is 13.0 Å². The fourth-order valence-corrected chi connectivity index (χ4v) is 1.35. The van der Waals surface area contributed by atoms with Gasteiger partial charge in [-0.15, -0.1) is 12.3 Å². The van der Waals surface area contributed by atoms with Gasteiger partial charge in [0, 0.05) is 19.0 Å². The molecule has 0 saturated heterocycles. The molecule has 0 bridgehead atoms. The van der Waals surface area contributed by atoms with Crippen LogP contribution in [-0.4, -0.2) is 41.1 Å². The summed E-state index contributed by atoms with van der Waals surface area (Å²) in [5.41, 5.74) is 0. The number of nitrogens with one attached hydrogen (secondary N) is 1. The van der Waals surface area contributed by atoms with Crippen LogP contribution in [-0.2, 0) is 4.79 Å². The van der Waals surface area contributed by atoms with E-state index >= 15 is 0 Å². The average molecular weight is 240 g/mol. The van der Waals surface area contributed by atoms with E-state index in [4.69, 9.17) is 11.5 Å². The molecule has 0 aromatic rings. The minimum Gasteiger partial charge on any atom is -0.480 e. The predicted molar refractivity (Wildman–Crippen MR) is 65.5 cm³/mol. The third-order valence-electron chi connectivity index (χ3n) is 1.99. The largest absolute Gasteiger partial charge is 0.480 e. The van der Waals surface area contributed by atoms with Crippen LogP contribution in [0.25, 0.3) is 0 Å². The maximum Gasteiger partial charge on any atom is 0.323 e. The highest BCUT2D eigenvalue weighted by Gasteiger charge is 2.18. The molecule has 0 fully saturated rings. The second-order valence-corrected chi connectivity index (χ2v) is 4.43. The third-order valence-corrected chi connectivity index (χ3v) is 1.99. The van der Waals surface area contributed by atoms with Crippen molar-refractivity contribution in [3.63, 3.8) is 0 Å². The van der Waals surface area contributed by atoms with Crippen LogP contribution in [0.4, 0.5) is 4.79 Å². The van der Waals surface area contributed by atoms with E-state index < -0.39 is 5.97 Å². The Kier molecular flexibility index (Phi) is 6.80. The fraction of sp³-hybridized carbons (Fsp3) is 0.667. The number of hydrogen-bond donors (Lipinski definition) is 2. The van der Waals surface area contributed by atoms with Gasteiger partial charge < -0.3 is 15.3 Å². The van der Waals surface area contributed by atoms with Crippen LogP contribution >= 0.6 is 0 Å². The van der Waals surface area contributed by atoms with Crippen molar-refractivity contribution in [3.8, 4) is 12.3 Å². The lowest BCUT2D eigenvalue weighted by Crippen LogP contribution is -2.47. The summed E-state index contributed by atoms with van der Waals surface area (Å²) in [5.74, 6) is 1.63. The molecule has 0 aromatic carbocycles. The number of amides is 2. The van der Waals surface area contributed by atoms with Gasteiger partial charge in [0.2, 0.25) is 0 Å². The van der Waals surface area contributed by atoms with Gasteiger partial charge in [-0.05, 0) is 12.8 Å². The van der Waals surface area contributed by atoms with E-state index in [9.17, 15) is 9.59 Å². The molecule has 1 unspecified atom stereocenters. The minimum absolute atomic E-state index is 0.157. The van der Waals surface area contributed by atoms with E-state index in [0.717, 1.165) is 0 Å². The maximum atomic E-state index is 11.8. The molecule has 17 heavy (non-hydrogen) atoms. The molecule has 5 heteroatoms. The molecular weight excluding hydrogens is 220 g/mol. The highest BCUT2D eigenvalue weighted by molar-refractivity contribution is 5.80. The van der Waals surface area contributed by atoms with Crippen LogP contribution in [0.15, 0.2) is 0 Å². The van der Waals surface area contributed by atoms with Crippen molar-refractivity contribution in [3.05, 3.63) is 0 Å². The molecule has 0 saturated carbocycles. The fourth-order valence-electron chi connectivity index (χ4n) is 1.35. The van der Waals surface area contributed by atoms with E-state index in [1.54, 1.807) is 6.92 Å². The van der Waals surface area contributed by atoms with Crippen LogP contribution in [0.1, 0.15) is 27.2 Å². The van der Waals surface area contributed by atoms with E-state index in [1.807, 2.05) is 13.8 Å². The van der Waals surface area contributed by atoms with Crippen molar-refractivity contribution in [1.29, 1.82) is 0 Å². The number of nitrogens with zero attached hydrogens (tertiary/aromatic N) is 1. The monoisotopic (exact) mass is 240 g/mol. The number of terminal acetylenes is 1. The number of aliphatic carboxylic acids is 1. The topological polar surface area (TPSA) is 69.6 Å². The van der Waals surface area contributed by atoms with Crippen molar-refractivity contribution in [2.75, 3.05) is 13.1 Å². The second kappa shape index (κ2) is 7.55. The lowest BCUT2D eigenvalue weighted by atomic mass is 10.2. The Morgan fingerprint density at radius 3 is 2.41 bits per heavy atom. The number of carbonyl (C=O) groups is 2. The van der Waals surface area contributed by atoms with Crippen molar-refractivity contribution >= 4 is 12.0 Å². The smallest absolute Gasteiger partial charge is 0.323 e. The van der Waals surface area contributed by atoms with Gasteiger partial charge in [-0.2, -0.15) is 0 Å². The first-order valence-electron chi connectivity index (χ1n) is 5.57. The highest BCUT2D eigenvalue weighted by atomic mass is 16.4. The van der Waals surface area contributed by atoms with Crippen molar-refractivity contribution in [2.45, 2.75) is 33.2 Å². The van der Waals surface area contributed by atoms with Gasteiger partial charge in [0.25, 0.3) is 0 Å². The number of urea groups is 1. The molecule has 0 rings (SSSR count). The quantitative estimate of drug-likeness (QED) is 0.684. The first-order valence-corrected chi connectivity index (χ1v) is 5.57. The molecule has 0 aromatic heterocycles. The number of carboxylic acids is 1.